The number of hydrogen-bond acceptors (Lipinski definition) is 6. The van der Waals surface area contributed by atoms with Gasteiger partial charge >= 0.3 is 0 Å². The molecule has 0 atom stereocenters. The molecule has 1 amide bonds. The summed E-state index contributed by atoms with van der Waals surface area (Å²) >= 11 is 0. The number of methoxy groups -OCH3 is 1. The van der Waals surface area contributed by atoms with Crippen molar-refractivity contribution in [3.8, 4) is 5.75 Å². The maximum absolute atomic E-state index is 12.2. The number of benzene rings is 1. The number of anilines is 2. The van der Waals surface area contributed by atoms with Crippen LogP contribution in [0.15, 0.2) is 37.1 Å². The Morgan fingerprint density at radius 2 is 1.97 bits per heavy atom. The van der Waals surface area contributed by atoms with Crippen molar-refractivity contribution in [2.45, 2.75) is 33.1 Å². The minimum Gasteiger partial charge on any atom is -0.496 e. The summed E-state index contributed by atoms with van der Waals surface area (Å²) in [5, 5.41) is 7.78. The summed E-state index contributed by atoms with van der Waals surface area (Å²) in [6.45, 7) is 11.6. The topological polar surface area (TPSA) is 75.0 Å². The molecule has 3 rings (SSSR count). The van der Waals surface area contributed by atoms with Gasteiger partial charge in [-0.25, -0.2) is 9.50 Å². The molecule has 0 fully saturated rings. The zero-order valence-electron chi connectivity index (χ0n) is 21.3. The van der Waals surface area contributed by atoms with E-state index in [-0.39, 0.29) is 5.91 Å². The average Bonchev–Trinajstić information content (AvgIpc) is 3.13. The van der Waals surface area contributed by atoms with Gasteiger partial charge in [-0.3, -0.25) is 4.79 Å². The van der Waals surface area contributed by atoms with Crippen LogP contribution in [0, 0.1) is 6.92 Å². The number of likely N-dealkylation sites (N-methyl/N-ethyl adjacent to an activating group) is 2. The molecule has 0 saturated heterocycles. The molecule has 0 aliphatic carbocycles. The first-order valence-corrected chi connectivity index (χ1v) is 11.5. The fraction of sp³-hybridized carbons (Fsp3) is 0.423. The predicted molar refractivity (Wildman–Crippen MR) is 138 cm³/mol. The number of nitrogens with zero attached hydrogens (tertiary/aromatic N) is 5. The second-order valence-electron chi connectivity index (χ2n) is 9.15. The highest BCUT2D eigenvalue weighted by atomic mass is 16.5. The van der Waals surface area contributed by atoms with Crippen molar-refractivity contribution < 1.29 is 9.53 Å². The summed E-state index contributed by atoms with van der Waals surface area (Å²) in [6, 6.07) is 6.07. The molecule has 3 aromatic rings. The number of hydrogen-bond donors (Lipinski definition) is 1. The second-order valence-corrected chi connectivity index (χ2v) is 9.15. The lowest BCUT2D eigenvalue weighted by molar-refractivity contribution is -0.111. The van der Waals surface area contributed by atoms with E-state index in [9.17, 15) is 4.79 Å². The molecule has 0 spiro atoms. The van der Waals surface area contributed by atoms with Crippen LogP contribution in [-0.2, 0) is 11.2 Å². The Hall–Kier alpha value is -3.39. The van der Waals surface area contributed by atoms with Gasteiger partial charge in [-0.1, -0.05) is 20.4 Å². The lowest BCUT2D eigenvalue weighted by atomic mass is 10.1. The minimum atomic E-state index is -0.263. The quantitative estimate of drug-likeness (QED) is 0.459. The van der Waals surface area contributed by atoms with Crippen molar-refractivity contribution in [3.63, 3.8) is 0 Å². The third-order valence-corrected chi connectivity index (χ3v) is 5.87. The Kier molecular flexibility index (Phi) is 7.94. The normalized spacial score (nSPS) is 11.3. The Balaban J connectivity index is 2.03. The largest absolute Gasteiger partial charge is 0.496 e. The highest BCUT2D eigenvalue weighted by molar-refractivity contribution is 6.01. The van der Waals surface area contributed by atoms with Crippen molar-refractivity contribution in [1.29, 1.82) is 0 Å². The van der Waals surface area contributed by atoms with Crippen LogP contribution in [0.2, 0.25) is 0 Å². The van der Waals surface area contributed by atoms with Crippen molar-refractivity contribution in [3.05, 3.63) is 59.7 Å². The lowest BCUT2D eigenvalue weighted by Gasteiger charge is -2.25. The van der Waals surface area contributed by atoms with Crippen LogP contribution in [0.25, 0.3) is 5.52 Å². The Morgan fingerprint density at radius 1 is 1.24 bits per heavy atom. The monoisotopic (exact) mass is 464 g/mol. The molecule has 8 nitrogen and oxygen atoms in total. The molecule has 182 valence electrons. The molecule has 2 aromatic heterocycles. The van der Waals surface area contributed by atoms with E-state index in [2.05, 4.69) is 53.5 Å². The van der Waals surface area contributed by atoms with Crippen molar-refractivity contribution in [2.24, 2.45) is 0 Å². The van der Waals surface area contributed by atoms with Crippen molar-refractivity contribution >= 4 is 22.8 Å². The number of fused-ring (bicyclic) bond motifs is 1. The first kappa shape index (κ1) is 25.2. The molecule has 0 bridgehead atoms. The smallest absolute Gasteiger partial charge is 0.247 e. The van der Waals surface area contributed by atoms with Crippen molar-refractivity contribution in [1.82, 2.24) is 19.5 Å². The number of aryl methyl sites for hydroxylation is 1. The van der Waals surface area contributed by atoms with Crippen LogP contribution in [0.3, 0.4) is 0 Å². The number of ether oxygens (including phenoxy) is 1. The maximum Gasteiger partial charge on any atom is 0.247 e. The van der Waals surface area contributed by atoms with Crippen LogP contribution in [0.5, 0.6) is 5.75 Å². The van der Waals surface area contributed by atoms with Crippen LogP contribution >= 0.6 is 0 Å². The van der Waals surface area contributed by atoms with Gasteiger partial charge in [0.1, 0.15) is 5.75 Å². The molecular weight excluding hydrogens is 428 g/mol. The first-order chi connectivity index (χ1) is 16.1. The summed E-state index contributed by atoms with van der Waals surface area (Å²) in [5.41, 5.74) is 5.78. The average molecular weight is 465 g/mol. The van der Waals surface area contributed by atoms with E-state index < -0.39 is 0 Å². The zero-order chi connectivity index (χ0) is 25.0. The van der Waals surface area contributed by atoms with E-state index >= 15 is 0 Å². The second kappa shape index (κ2) is 10.7. The van der Waals surface area contributed by atoms with Gasteiger partial charge in [0.05, 0.1) is 30.2 Å². The summed E-state index contributed by atoms with van der Waals surface area (Å²) in [6.07, 6.45) is 3.61. The van der Waals surface area contributed by atoms with Crippen molar-refractivity contribution in [2.75, 3.05) is 51.6 Å². The summed E-state index contributed by atoms with van der Waals surface area (Å²) in [7, 11) is 7.72. The van der Waals surface area contributed by atoms with Gasteiger partial charge in [0.25, 0.3) is 0 Å². The number of nitrogens with one attached hydrogen (secondary N) is 1. The summed E-state index contributed by atoms with van der Waals surface area (Å²) in [5.74, 6) is 1.48. The Labute approximate surface area is 202 Å². The molecule has 1 aromatic carbocycles. The highest BCUT2D eigenvalue weighted by Crippen LogP contribution is 2.34. The van der Waals surface area contributed by atoms with Gasteiger partial charge < -0.3 is 19.9 Å². The van der Waals surface area contributed by atoms with Gasteiger partial charge in [0, 0.05) is 43.9 Å². The summed E-state index contributed by atoms with van der Waals surface area (Å²) < 4.78 is 7.73. The van der Waals surface area contributed by atoms with E-state index in [4.69, 9.17) is 9.84 Å². The zero-order valence-corrected chi connectivity index (χ0v) is 21.3. The van der Waals surface area contributed by atoms with Gasteiger partial charge in [-0.2, -0.15) is 5.10 Å². The Bertz CT molecular complexity index is 1180. The summed E-state index contributed by atoms with van der Waals surface area (Å²) in [4.78, 5) is 21.0. The molecule has 0 unspecified atom stereocenters. The number of rotatable bonds is 10. The highest BCUT2D eigenvalue weighted by Gasteiger charge is 2.18. The lowest BCUT2D eigenvalue weighted by Crippen LogP contribution is -2.29. The van der Waals surface area contributed by atoms with E-state index in [0.29, 0.717) is 23.9 Å². The minimum absolute atomic E-state index is 0.263. The fourth-order valence-corrected chi connectivity index (χ4v) is 3.88. The molecule has 2 heterocycles. The number of aromatic nitrogens is 3. The predicted octanol–water partition coefficient (Wildman–Crippen LogP) is 3.88. The SMILES string of the molecule is C=CC(=O)Nc1cc(Cc2ncc3c(C)cc(C(C)C)n3n2)c(OC)cc1N(C)CCN(C)C. The first-order valence-electron chi connectivity index (χ1n) is 11.5. The molecule has 8 heteroatoms. The van der Waals surface area contributed by atoms with Gasteiger partial charge in [-0.15, -0.1) is 0 Å². The van der Waals surface area contributed by atoms with E-state index in [1.165, 1.54) is 6.08 Å². The molecule has 0 radical (unpaired) electrons. The van der Waals surface area contributed by atoms with Gasteiger partial charge in [-0.05, 0) is 50.7 Å². The van der Waals surface area contributed by atoms with Crippen LogP contribution in [0.1, 0.15) is 42.4 Å². The molecule has 0 saturated carbocycles. The Morgan fingerprint density at radius 3 is 2.59 bits per heavy atom. The third kappa shape index (κ3) is 5.56. The maximum atomic E-state index is 12.2. The number of carbonyl (C=O) groups excluding carboxylic acids is 1. The molecular formula is C26H36N6O2. The van der Waals surface area contributed by atoms with Gasteiger partial charge in [0.15, 0.2) is 5.82 Å². The third-order valence-electron chi connectivity index (χ3n) is 5.87. The van der Waals surface area contributed by atoms with Gasteiger partial charge in [0.2, 0.25) is 5.91 Å². The number of carbonyl (C=O) groups is 1. The fourth-order valence-electron chi connectivity index (χ4n) is 3.88. The molecule has 1 N–H and O–H groups in total. The molecule has 0 aliphatic rings. The van der Waals surface area contributed by atoms with E-state index in [1.54, 1.807) is 7.11 Å². The van der Waals surface area contributed by atoms with Crippen LogP contribution < -0.4 is 15.0 Å². The van der Waals surface area contributed by atoms with E-state index in [1.807, 2.05) is 44.0 Å². The van der Waals surface area contributed by atoms with E-state index in [0.717, 1.165) is 46.9 Å². The number of amides is 1. The molecule has 34 heavy (non-hydrogen) atoms. The van der Waals surface area contributed by atoms with Crippen LogP contribution in [-0.4, -0.2) is 66.7 Å². The van der Waals surface area contributed by atoms with Crippen LogP contribution in [0.4, 0.5) is 11.4 Å². The standard InChI is InChI=1S/C26H36N6O2/c1-9-26(33)28-20-13-19(24(34-8)15-22(20)31(7)11-10-30(5)6)14-25-27-16-23-18(4)12-21(17(2)3)32(23)29-25/h9,12-13,15-17H,1,10-11,14H2,2-8H3,(H,28,33). The molecule has 0 aliphatic heterocycles.